The van der Waals surface area contributed by atoms with Crippen molar-refractivity contribution in [3.63, 3.8) is 0 Å². The van der Waals surface area contributed by atoms with Gasteiger partial charge in [-0.15, -0.1) is 0 Å². The van der Waals surface area contributed by atoms with Gasteiger partial charge in [-0.2, -0.15) is 0 Å². The van der Waals surface area contributed by atoms with Gasteiger partial charge in [-0.05, 0) is 40.0 Å². The summed E-state index contributed by atoms with van der Waals surface area (Å²) in [4.78, 5) is 25.2. The molecule has 0 fully saturated rings. The Labute approximate surface area is 169 Å². The number of benzene rings is 2. The number of ketones is 1. The summed E-state index contributed by atoms with van der Waals surface area (Å²) >= 11 is 3.07. The molecular weight excluding hydrogens is 435 g/mol. The van der Waals surface area contributed by atoms with Gasteiger partial charge in [-0.3, -0.25) is 4.79 Å². The third-order valence-electron chi connectivity index (χ3n) is 4.23. The van der Waals surface area contributed by atoms with Gasteiger partial charge in [0, 0.05) is 6.42 Å². The van der Waals surface area contributed by atoms with Crippen LogP contribution in [0.25, 0.3) is 0 Å². The lowest BCUT2D eigenvalue weighted by Gasteiger charge is -2.22. The minimum atomic E-state index is -0.897. The summed E-state index contributed by atoms with van der Waals surface area (Å²) in [5.41, 5.74) is -0.147. The molecule has 0 spiro atoms. The van der Waals surface area contributed by atoms with Crippen molar-refractivity contribution in [2.24, 2.45) is 5.92 Å². The molecule has 6 nitrogen and oxygen atoms in total. The van der Waals surface area contributed by atoms with E-state index in [2.05, 4.69) is 15.9 Å². The number of aromatic hydroxyl groups is 1. The van der Waals surface area contributed by atoms with E-state index >= 15 is 0 Å². The van der Waals surface area contributed by atoms with Crippen LogP contribution < -0.4 is 9.47 Å². The Morgan fingerprint density at radius 3 is 2.75 bits per heavy atom. The summed E-state index contributed by atoms with van der Waals surface area (Å²) in [6.45, 7) is 3.37. The molecule has 2 aromatic carbocycles. The molecule has 0 bridgehead atoms. The van der Waals surface area contributed by atoms with Crippen LogP contribution >= 0.6 is 15.9 Å². The average Bonchev–Trinajstić information content (AvgIpc) is 2.62. The van der Waals surface area contributed by atoms with E-state index in [1.807, 2.05) is 13.8 Å². The number of phenolic OH excluding ortho intramolecular Hbond substituents is 1. The topological polar surface area (TPSA) is 82.1 Å². The fourth-order valence-electron chi connectivity index (χ4n) is 2.95. The maximum Gasteiger partial charge on any atom is 0.346 e. The van der Waals surface area contributed by atoms with Crippen molar-refractivity contribution in [2.45, 2.75) is 26.9 Å². The second-order valence-electron chi connectivity index (χ2n) is 6.72. The molecular formula is C20H18BrFO6. The lowest BCUT2D eigenvalue weighted by atomic mass is 9.97. The van der Waals surface area contributed by atoms with Crippen LogP contribution in [0.5, 0.6) is 23.0 Å². The standard InChI is InChI=1S/C20H18BrFO6/c1-9(2)6-13(23)10-7-14(24)19-16(18(10)26-3)20(25)27-8-11-15(28-19)5-4-12(21)17(11)22/h4-5,7,9,24H,6,8H2,1-3H3. The van der Waals surface area contributed by atoms with Gasteiger partial charge in [0.1, 0.15) is 29.5 Å². The third kappa shape index (κ3) is 3.56. The number of halogens is 2. The Bertz CT molecular complexity index is 970. The van der Waals surface area contributed by atoms with Crippen molar-refractivity contribution >= 4 is 27.7 Å². The van der Waals surface area contributed by atoms with Crippen LogP contribution in [0.15, 0.2) is 22.7 Å². The smallest absolute Gasteiger partial charge is 0.346 e. The first-order valence-electron chi connectivity index (χ1n) is 8.53. The predicted molar refractivity (Wildman–Crippen MR) is 102 cm³/mol. The Morgan fingerprint density at radius 2 is 2.11 bits per heavy atom. The first-order valence-corrected chi connectivity index (χ1v) is 9.32. The molecule has 0 saturated carbocycles. The van der Waals surface area contributed by atoms with Crippen molar-refractivity contribution in [3.8, 4) is 23.0 Å². The SMILES string of the molecule is COc1c(C(=O)CC(C)C)cc(O)c2c1C(=O)OCc1c(ccc(Br)c1F)O2. The van der Waals surface area contributed by atoms with E-state index in [1.165, 1.54) is 25.3 Å². The summed E-state index contributed by atoms with van der Waals surface area (Å²) in [5, 5.41) is 10.5. The second kappa shape index (κ2) is 7.79. The molecule has 0 atom stereocenters. The third-order valence-corrected chi connectivity index (χ3v) is 4.84. The van der Waals surface area contributed by atoms with Gasteiger partial charge in [0.15, 0.2) is 17.3 Å². The highest BCUT2D eigenvalue weighted by molar-refractivity contribution is 9.10. The maximum atomic E-state index is 14.4. The van der Waals surface area contributed by atoms with Gasteiger partial charge in [0.25, 0.3) is 0 Å². The number of hydrogen-bond donors (Lipinski definition) is 1. The lowest BCUT2D eigenvalue weighted by Crippen LogP contribution is -2.16. The Kier molecular flexibility index (Phi) is 5.60. The molecule has 1 aliphatic heterocycles. The van der Waals surface area contributed by atoms with Crippen LogP contribution in [0.2, 0.25) is 0 Å². The molecule has 1 aliphatic rings. The largest absolute Gasteiger partial charge is 0.504 e. The fourth-order valence-corrected chi connectivity index (χ4v) is 3.32. The Morgan fingerprint density at radius 1 is 1.39 bits per heavy atom. The molecule has 1 N–H and O–H groups in total. The molecule has 0 radical (unpaired) electrons. The number of methoxy groups -OCH3 is 1. The van der Waals surface area contributed by atoms with Gasteiger partial charge in [-0.1, -0.05) is 13.8 Å². The highest BCUT2D eigenvalue weighted by Crippen LogP contribution is 2.45. The van der Waals surface area contributed by atoms with E-state index in [9.17, 15) is 19.1 Å². The fraction of sp³-hybridized carbons (Fsp3) is 0.300. The van der Waals surface area contributed by atoms with Crippen molar-refractivity contribution < 1.29 is 33.3 Å². The maximum absolute atomic E-state index is 14.4. The summed E-state index contributed by atoms with van der Waals surface area (Å²) in [5.74, 6) is -2.44. The monoisotopic (exact) mass is 452 g/mol. The van der Waals surface area contributed by atoms with E-state index < -0.39 is 17.5 Å². The summed E-state index contributed by atoms with van der Waals surface area (Å²) in [6.07, 6.45) is 0.201. The van der Waals surface area contributed by atoms with Gasteiger partial charge >= 0.3 is 5.97 Å². The van der Waals surface area contributed by atoms with E-state index in [0.717, 1.165) is 0 Å². The first-order chi connectivity index (χ1) is 13.2. The zero-order valence-electron chi connectivity index (χ0n) is 15.5. The number of cyclic esters (lactones) is 1. The zero-order chi connectivity index (χ0) is 20.6. The van der Waals surface area contributed by atoms with Crippen LogP contribution in [0.3, 0.4) is 0 Å². The first kappa shape index (κ1) is 20.1. The molecule has 3 rings (SSSR count). The highest BCUT2D eigenvalue weighted by Gasteiger charge is 2.32. The molecule has 0 saturated heterocycles. The number of phenols is 1. The number of rotatable bonds is 4. The molecule has 0 aliphatic carbocycles. The predicted octanol–water partition coefficient (Wildman–Crippen LogP) is 4.99. The number of fused-ring (bicyclic) bond motifs is 2. The molecule has 0 unspecified atom stereocenters. The Balaban J connectivity index is 2.21. The number of carbonyl (C=O) groups excluding carboxylic acids is 2. The van der Waals surface area contributed by atoms with Gasteiger partial charge in [-0.25, -0.2) is 9.18 Å². The normalized spacial score (nSPS) is 13.0. The summed E-state index contributed by atoms with van der Waals surface area (Å²) < 4.78 is 30.8. The van der Waals surface area contributed by atoms with E-state index in [-0.39, 0.29) is 63.1 Å². The van der Waals surface area contributed by atoms with Crippen LogP contribution in [0.4, 0.5) is 4.39 Å². The lowest BCUT2D eigenvalue weighted by molar-refractivity contribution is 0.0450. The van der Waals surface area contributed by atoms with Crippen LogP contribution in [0, 0.1) is 11.7 Å². The van der Waals surface area contributed by atoms with E-state index in [0.29, 0.717) is 0 Å². The molecule has 148 valence electrons. The van der Waals surface area contributed by atoms with Crippen LogP contribution in [-0.4, -0.2) is 24.0 Å². The Hall–Kier alpha value is -2.61. The number of ether oxygens (including phenoxy) is 3. The molecule has 1 heterocycles. The quantitative estimate of drug-likeness (QED) is 0.519. The van der Waals surface area contributed by atoms with E-state index in [4.69, 9.17) is 14.2 Å². The van der Waals surface area contributed by atoms with Gasteiger partial charge in [0.05, 0.1) is 22.7 Å². The number of esters is 1. The van der Waals surface area contributed by atoms with E-state index in [1.54, 1.807) is 0 Å². The minimum absolute atomic E-state index is 0.0201. The van der Waals surface area contributed by atoms with Gasteiger partial charge < -0.3 is 19.3 Å². The zero-order valence-corrected chi connectivity index (χ0v) is 17.1. The molecule has 0 amide bonds. The number of Topliss-reactive ketones (excluding diaryl/α,β-unsaturated/α-hetero) is 1. The number of carbonyl (C=O) groups is 2. The average molecular weight is 453 g/mol. The molecule has 8 heteroatoms. The molecule has 2 aromatic rings. The molecule has 0 aromatic heterocycles. The minimum Gasteiger partial charge on any atom is -0.504 e. The van der Waals surface area contributed by atoms with Crippen molar-refractivity contribution in [1.29, 1.82) is 0 Å². The summed E-state index contributed by atoms with van der Waals surface area (Å²) in [6, 6.07) is 4.10. The second-order valence-corrected chi connectivity index (χ2v) is 7.57. The van der Waals surface area contributed by atoms with Crippen molar-refractivity contribution in [2.75, 3.05) is 7.11 Å². The van der Waals surface area contributed by atoms with Gasteiger partial charge in [0.2, 0.25) is 0 Å². The van der Waals surface area contributed by atoms with Crippen molar-refractivity contribution in [1.82, 2.24) is 0 Å². The molecule has 28 heavy (non-hydrogen) atoms. The van der Waals surface area contributed by atoms with Crippen LogP contribution in [0.1, 0.15) is 46.5 Å². The number of hydrogen-bond acceptors (Lipinski definition) is 6. The summed E-state index contributed by atoms with van der Waals surface area (Å²) in [7, 11) is 1.30. The van der Waals surface area contributed by atoms with Crippen LogP contribution in [-0.2, 0) is 11.3 Å². The highest BCUT2D eigenvalue weighted by atomic mass is 79.9. The van der Waals surface area contributed by atoms with Crippen molar-refractivity contribution in [3.05, 3.63) is 45.2 Å².